The second-order valence-electron chi connectivity index (χ2n) is 4.90. The molecule has 1 aromatic carbocycles. The van der Waals surface area contributed by atoms with Gasteiger partial charge in [0.05, 0.1) is 6.10 Å². The van der Waals surface area contributed by atoms with E-state index in [0.717, 1.165) is 0 Å². The highest BCUT2D eigenvalue weighted by molar-refractivity contribution is 5.28. The monoisotopic (exact) mass is 273 g/mol. The van der Waals surface area contributed by atoms with E-state index in [-0.39, 0.29) is 5.75 Å². The van der Waals surface area contributed by atoms with Crippen LogP contribution in [-0.2, 0) is 0 Å². The summed E-state index contributed by atoms with van der Waals surface area (Å²) >= 11 is 0. The summed E-state index contributed by atoms with van der Waals surface area (Å²) in [6.07, 6.45) is -0.665. The lowest BCUT2D eigenvalue weighted by Gasteiger charge is -2.20. The number of alkyl halides is 2. The van der Waals surface area contributed by atoms with Gasteiger partial charge in [0.15, 0.2) is 0 Å². The normalized spacial score (nSPS) is 14.7. The van der Waals surface area contributed by atoms with Crippen molar-refractivity contribution in [1.29, 1.82) is 0 Å². The fourth-order valence-electron chi connectivity index (χ4n) is 1.52. The minimum absolute atomic E-state index is 0.0921. The van der Waals surface area contributed by atoms with Crippen molar-refractivity contribution >= 4 is 0 Å². The summed E-state index contributed by atoms with van der Waals surface area (Å²) in [7, 11) is 0. The molecule has 1 aromatic rings. The maximum atomic E-state index is 12.0. The fourth-order valence-corrected chi connectivity index (χ4v) is 1.52. The molecule has 0 aliphatic rings. The Hall–Kier alpha value is -1.20. The molecule has 0 radical (unpaired) electrons. The minimum Gasteiger partial charge on any atom is -0.435 e. The molecule has 0 heterocycles. The summed E-state index contributed by atoms with van der Waals surface area (Å²) in [5, 5.41) is 13.2. The van der Waals surface area contributed by atoms with Crippen molar-refractivity contribution in [3.63, 3.8) is 0 Å². The van der Waals surface area contributed by atoms with E-state index in [1.165, 1.54) is 12.1 Å². The first kappa shape index (κ1) is 15.9. The molecule has 0 spiro atoms. The molecule has 0 saturated heterocycles. The van der Waals surface area contributed by atoms with Crippen LogP contribution in [0.15, 0.2) is 24.3 Å². The maximum Gasteiger partial charge on any atom is 0.387 e. The Bertz CT molecular complexity index is 368. The SMILES string of the molecule is CC(C)C(C)NCC(O)c1ccc(OC(F)F)cc1. The second kappa shape index (κ2) is 7.40. The van der Waals surface area contributed by atoms with Crippen molar-refractivity contribution in [2.24, 2.45) is 5.92 Å². The zero-order valence-corrected chi connectivity index (χ0v) is 11.4. The number of hydrogen-bond donors (Lipinski definition) is 2. The number of benzene rings is 1. The Morgan fingerprint density at radius 2 is 1.74 bits per heavy atom. The Morgan fingerprint density at radius 3 is 2.21 bits per heavy atom. The smallest absolute Gasteiger partial charge is 0.387 e. The van der Waals surface area contributed by atoms with Gasteiger partial charge in [-0.15, -0.1) is 0 Å². The molecule has 0 amide bonds. The summed E-state index contributed by atoms with van der Waals surface area (Å²) in [5.41, 5.74) is 0.671. The quantitative estimate of drug-likeness (QED) is 0.802. The van der Waals surface area contributed by atoms with Gasteiger partial charge >= 0.3 is 6.61 Å². The lowest BCUT2D eigenvalue weighted by Crippen LogP contribution is -2.34. The molecule has 0 aliphatic carbocycles. The molecule has 0 aliphatic heterocycles. The lowest BCUT2D eigenvalue weighted by molar-refractivity contribution is -0.0498. The van der Waals surface area contributed by atoms with E-state index in [9.17, 15) is 13.9 Å². The molecule has 0 fully saturated rings. The minimum atomic E-state index is -2.83. The third kappa shape index (κ3) is 5.53. The van der Waals surface area contributed by atoms with Crippen LogP contribution in [-0.4, -0.2) is 24.3 Å². The van der Waals surface area contributed by atoms with Gasteiger partial charge in [0.25, 0.3) is 0 Å². The number of nitrogens with one attached hydrogen (secondary N) is 1. The number of halogens is 2. The van der Waals surface area contributed by atoms with Crippen LogP contribution in [0.4, 0.5) is 8.78 Å². The molecule has 2 unspecified atom stereocenters. The van der Waals surface area contributed by atoms with Gasteiger partial charge in [-0.2, -0.15) is 8.78 Å². The Kier molecular flexibility index (Phi) is 6.18. The summed E-state index contributed by atoms with van der Waals surface area (Å²) in [6.45, 7) is 3.84. The highest BCUT2D eigenvalue weighted by Crippen LogP contribution is 2.19. The lowest BCUT2D eigenvalue weighted by atomic mass is 10.1. The maximum absolute atomic E-state index is 12.0. The van der Waals surface area contributed by atoms with Crippen LogP contribution in [0.5, 0.6) is 5.75 Å². The zero-order chi connectivity index (χ0) is 14.4. The molecule has 3 nitrogen and oxygen atoms in total. The van der Waals surface area contributed by atoms with E-state index in [1.54, 1.807) is 12.1 Å². The van der Waals surface area contributed by atoms with E-state index in [4.69, 9.17) is 0 Å². The first-order valence-electron chi connectivity index (χ1n) is 6.36. The number of ether oxygens (including phenoxy) is 1. The Labute approximate surface area is 112 Å². The van der Waals surface area contributed by atoms with Crippen LogP contribution in [0.25, 0.3) is 0 Å². The summed E-state index contributed by atoms with van der Waals surface area (Å²) in [4.78, 5) is 0. The third-order valence-electron chi connectivity index (χ3n) is 3.12. The van der Waals surface area contributed by atoms with Gasteiger partial charge in [-0.25, -0.2) is 0 Å². The molecule has 2 atom stereocenters. The van der Waals surface area contributed by atoms with Crippen molar-refractivity contribution in [2.45, 2.75) is 39.5 Å². The van der Waals surface area contributed by atoms with Crippen LogP contribution in [0.2, 0.25) is 0 Å². The van der Waals surface area contributed by atoms with E-state index >= 15 is 0 Å². The fraction of sp³-hybridized carbons (Fsp3) is 0.571. The largest absolute Gasteiger partial charge is 0.435 e. The third-order valence-corrected chi connectivity index (χ3v) is 3.12. The molecule has 108 valence electrons. The predicted octanol–water partition coefficient (Wildman–Crippen LogP) is 2.96. The van der Waals surface area contributed by atoms with Crippen LogP contribution >= 0.6 is 0 Å². The molecule has 5 heteroatoms. The van der Waals surface area contributed by atoms with Crippen molar-refractivity contribution < 1.29 is 18.6 Å². The molecule has 1 rings (SSSR count). The van der Waals surface area contributed by atoms with Gasteiger partial charge in [0, 0.05) is 12.6 Å². The van der Waals surface area contributed by atoms with Crippen molar-refractivity contribution in [3.8, 4) is 5.75 Å². The van der Waals surface area contributed by atoms with E-state index in [2.05, 4.69) is 30.8 Å². The Balaban J connectivity index is 2.50. The van der Waals surface area contributed by atoms with Crippen molar-refractivity contribution in [2.75, 3.05) is 6.54 Å². The predicted molar refractivity (Wildman–Crippen MR) is 70.3 cm³/mol. The topological polar surface area (TPSA) is 41.5 Å². The highest BCUT2D eigenvalue weighted by Gasteiger charge is 2.12. The summed E-state index contributed by atoms with van der Waals surface area (Å²) < 4.78 is 28.2. The van der Waals surface area contributed by atoms with Gasteiger partial charge < -0.3 is 15.2 Å². The van der Waals surface area contributed by atoms with Gasteiger partial charge in [-0.05, 0) is 30.5 Å². The number of aliphatic hydroxyl groups excluding tert-OH is 1. The molecule has 0 aromatic heterocycles. The first-order chi connectivity index (χ1) is 8.90. The van der Waals surface area contributed by atoms with Gasteiger partial charge in [-0.3, -0.25) is 0 Å². The van der Waals surface area contributed by atoms with Crippen molar-refractivity contribution in [1.82, 2.24) is 5.32 Å². The average molecular weight is 273 g/mol. The Morgan fingerprint density at radius 1 is 1.16 bits per heavy atom. The zero-order valence-electron chi connectivity index (χ0n) is 11.4. The summed E-state index contributed by atoms with van der Waals surface area (Å²) in [6, 6.07) is 6.33. The number of rotatable bonds is 7. The van der Waals surface area contributed by atoms with Gasteiger partial charge in [-0.1, -0.05) is 26.0 Å². The molecule has 2 N–H and O–H groups in total. The van der Waals surface area contributed by atoms with Crippen LogP contribution in [0.1, 0.15) is 32.4 Å². The number of hydrogen-bond acceptors (Lipinski definition) is 3. The first-order valence-corrected chi connectivity index (χ1v) is 6.36. The number of aliphatic hydroxyl groups is 1. The van der Waals surface area contributed by atoms with E-state index in [1.807, 2.05) is 0 Å². The molecule has 0 bridgehead atoms. The summed E-state index contributed by atoms with van der Waals surface area (Å²) in [5.74, 6) is 0.573. The molecular formula is C14H21F2NO2. The van der Waals surface area contributed by atoms with Crippen LogP contribution in [0.3, 0.4) is 0 Å². The van der Waals surface area contributed by atoms with Crippen molar-refractivity contribution in [3.05, 3.63) is 29.8 Å². The molecular weight excluding hydrogens is 252 g/mol. The van der Waals surface area contributed by atoms with Gasteiger partial charge in [0.1, 0.15) is 5.75 Å². The van der Waals surface area contributed by atoms with E-state index < -0.39 is 12.7 Å². The highest BCUT2D eigenvalue weighted by atomic mass is 19.3. The second-order valence-corrected chi connectivity index (χ2v) is 4.90. The molecule has 0 saturated carbocycles. The van der Waals surface area contributed by atoms with Crippen LogP contribution < -0.4 is 10.1 Å². The standard InChI is InChI=1S/C14H21F2NO2/c1-9(2)10(3)17-8-13(18)11-4-6-12(7-5-11)19-14(15)16/h4-7,9-10,13-14,17-18H,8H2,1-3H3. The van der Waals surface area contributed by atoms with Crippen LogP contribution in [0, 0.1) is 5.92 Å². The average Bonchev–Trinajstić information content (AvgIpc) is 2.35. The van der Waals surface area contributed by atoms with Gasteiger partial charge in [0.2, 0.25) is 0 Å². The van der Waals surface area contributed by atoms with E-state index in [0.29, 0.717) is 24.1 Å². The molecule has 19 heavy (non-hydrogen) atoms.